The van der Waals surface area contributed by atoms with Crippen molar-refractivity contribution >= 4 is 23.2 Å². The predicted octanol–water partition coefficient (Wildman–Crippen LogP) is 3.75. The molecule has 0 spiro atoms. The molecule has 106 valence electrons. The highest BCUT2D eigenvalue weighted by molar-refractivity contribution is 6.30. The molecule has 0 fully saturated rings. The molecule has 0 aliphatic carbocycles. The van der Waals surface area contributed by atoms with Gasteiger partial charge in [-0.25, -0.2) is 4.39 Å². The molecular formula is C15H15Cl2FN2. The second-order valence-corrected chi connectivity index (χ2v) is 5.51. The summed E-state index contributed by atoms with van der Waals surface area (Å²) in [5, 5.41) is 1.06. The minimum absolute atomic E-state index is 0.0795. The van der Waals surface area contributed by atoms with Crippen LogP contribution in [0.1, 0.15) is 11.1 Å². The Morgan fingerprint density at radius 2 is 1.80 bits per heavy atom. The van der Waals surface area contributed by atoms with E-state index in [0.717, 1.165) is 5.56 Å². The average molecular weight is 313 g/mol. The first-order valence-electron chi connectivity index (χ1n) is 6.23. The summed E-state index contributed by atoms with van der Waals surface area (Å²) in [7, 11) is 0. The average Bonchev–Trinajstić information content (AvgIpc) is 2.41. The van der Waals surface area contributed by atoms with Crippen LogP contribution in [0, 0.1) is 5.82 Å². The lowest BCUT2D eigenvalue weighted by Crippen LogP contribution is -2.38. The molecule has 3 N–H and O–H groups in total. The van der Waals surface area contributed by atoms with Crippen molar-refractivity contribution in [3.05, 3.63) is 69.5 Å². The zero-order chi connectivity index (χ0) is 14.5. The van der Waals surface area contributed by atoms with Crippen molar-refractivity contribution in [1.82, 2.24) is 5.43 Å². The van der Waals surface area contributed by atoms with Gasteiger partial charge in [0, 0.05) is 16.1 Å². The Balaban J connectivity index is 2.09. The Bertz CT molecular complexity index is 590. The molecule has 2 nitrogen and oxygen atoms in total. The molecule has 0 radical (unpaired) electrons. The van der Waals surface area contributed by atoms with Crippen LogP contribution in [-0.2, 0) is 12.8 Å². The van der Waals surface area contributed by atoms with E-state index in [1.54, 1.807) is 12.1 Å². The Morgan fingerprint density at radius 1 is 1.05 bits per heavy atom. The lowest BCUT2D eigenvalue weighted by Gasteiger charge is -2.16. The second-order valence-electron chi connectivity index (χ2n) is 4.64. The number of benzene rings is 2. The highest BCUT2D eigenvalue weighted by atomic mass is 35.5. The third kappa shape index (κ3) is 4.18. The van der Waals surface area contributed by atoms with Crippen LogP contribution in [0.2, 0.25) is 10.0 Å². The highest BCUT2D eigenvalue weighted by Gasteiger charge is 2.12. The first-order valence-corrected chi connectivity index (χ1v) is 6.98. The van der Waals surface area contributed by atoms with Gasteiger partial charge in [0.1, 0.15) is 5.82 Å². The van der Waals surface area contributed by atoms with Crippen LogP contribution in [0.25, 0.3) is 0 Å². The van der Waals surface area contributed by atoms with Crippen molar-refractivity contribution in [3.8, 4) is 0 Å². The maximum absolute atomic E-state index is 13.8. The van der Waals surface area contributed by atoms with Gasteiger partial charge in [0.2, 0.25) is 0 Å². The summed E-state index contributed by atoms with van der Waals surface area (Å²) < 4.78 is 13.8. The standard InChI is InChI=1S/C15H15Cl2FN2/c16-12-3-1-2-10(6-12)7-14(20-19)8-11-4-5-13(17)9-15(11)18/h1-6,9,14,20H,7-8,19H2. The zero-order valence-corrected chi connectivity index (χ0v) is 12.3. The molecule has 0 heterocycles. The smallest absolute Gasteiger partial charge is 0.127 e. The van der Waals surface area contributed by atoms with Gasteiger partial charge in [-0.2, -0.15) is 0 Å². The highest BCUT2D eigenvalue weighted by Crippen LogP contribution is 2.18. The van der Waals surface area contributed by atoms with Crippen LogP contribution < -0.4 is 11.3 Å². The van der Waals surface area contributed by atoms with Crippen molar-refractivity contribution in [2.75, 3.05) is 0 Å². The normalized spacial score (nSPS) is 12.4. The topological polar surface area (TPSA) is 38.0 Å². The fourth-order valence-corrected chi connectivity index (χ4v) is 2.46. The Kier molecular flexibility index (Phi) is 5.38. The van der Waals surface area contributed by atoms with E-state index in [2.05, 4.69) is 5.43 Å². The Labute approximate surface area is 127 Å². The lowest BCUT2D eigenvalue weighted by molar-refractivity contribution is 0.506. The van der Waals surface area contributed by atoms with Gasteiger partial charge in [0.05, 0.1) is 0 Å². The van der Waals surface area contributed by atoms with E-state index in [4.69, 9.17) is 29.0 Å². The molecule has 2 rings (SSSR count). The van der Waals surface area contributed by atoms with Crippen LogP contribution in [0.15, 0.2) is 42.5 Å². The largest absolute Gasteiger partial charge is 0.271 e. The summed E-state index contributed by atoms with van der Waals surface area (Å²) in [5.41, 5.74) is 4.35. The summed E-state index contributed by atoms with van der Waals surface area (Å²) in [6.07, 6.45) is 1.14. The van der Waals surface area contributed by atoms with E-state index in [1.165, 1.54) is 6.07 Å². The van der Waals surface area contributed by atoms with Crippen molar-refractivity contribution in [3.63, 3.8) is 0 Å². The first kappa shape index (κ1) is 15.3. The summed E-state index contributed by atoms with van der Waals surface area (Å²) in [4.78, 5) is 0. The molecule has 1 atom stereocenters. The molecule has 0 saturated heterocycles. The molecule has 20 heavy (non-hydrogen) atoms. The minimum atomic E-state index is -0.316. The van der Waals surface area contributed by atoms with E-state index in [1.807, 2.05) is 24.3 Å². The van der Waals surface area contributed by atoms with Crippen molar-refractivity contribution in [2.24, 2.45) is 5.84 Å². The molecule has 0 saturated carbocycles. The quantitative estimate of drug-likeness (QED) is 0.652. The van der Waals surface area contributed by atoms with Crippen molar-refractivity contribution in [2.45, 2.75) is 18.9 Å². The molecule has 0 amide bonds. The van der Waals surface area contributed by atoms with Crippen LogP contribution in [0.3, 0.4) is 0 Å². The van der Waals surface area contributed by atoms with Crippen LogP contribution in [0.4, 0.5) is 4.39 Å². The predicted molar refractivity (Wildman–Crippen MR) is 81.4 cm³/mol. The zero-order valence-electron chi connectivity index (χ0n) is 10.7. The second kappa shape index (κ2) is 7.04. The van der Waals surface area contributed by atoms with E-state index in [0.29, 0.717) is 28.5 Å². The summed E-state index contributed by atoms with van der Waals surface area (Å²) in [6.45, 7) is 0. The van der Waals surface area contributed by atoms with Gasteiger partial charge in [-0.05, 0) is 48.2 Å². The molecular weight excluding hydrogens is 298 g/mol. The summed E-state index contributed by atoms with van der Waals surface area (Å²) >= 11 is 11.7. The van der Waals surface area contributed by atoms with Gasteiger partial charge in [0.25, 0.3) is 0 Å². The molecule has 0 aliphatic rings. The lowest BCUT2D eigenvalue weighted by atomic mass is 9.99. The van der Waals surface area contributed by atoms with Gasteiger partial charge in [-0.15, -0.1) is 0 Å². The van der Waals surface area contributed by atoms with E-state index < -0.39 is 0 Å². The molecule has 2 aromatic carbocycles. The monoisotopic (exact) mass is 312 g/mol. The molecule has 2 aromatic rings. The number of halogens is 3. The van der Waals surface area contributed by atoms with Gasteiger partial charge in [-0.1, -0.05) is 41.4 Å². The van der Waals surface area contributed by atoms with Gasteiger partial charge >= 0.3 is 0 Å². The first-order chi connectivity index (χ1) is 9.58. The fraction of sp³-hybridized carbons (Fsp3) is 0.200. The maximum atomic E-state index is 13.8. The third-order valence-electron chi connectivity index (χ3n) is 3.09. The minimum Gasteiger partial charge on any atom is -0.271 e. The molecule has 0 bridgehead atoms. The van der Waals surface area contributed by atoms with E-state index in [9.17, 15) is 4.39 Å². The Morgan fingerprint density at radius 3 is 2.45 bits per heavy atom. The van der Waals surface area contributed by atoms with Crippen LogP contribution >= 0.6 is 23.2 Å². The van der Waals surface area contributed by atoms with Crippen molar-refractivity contribution in [1.29, 1.82) is 0 Å². The number of hydrogen-bond acceptors (Lipinski definition) is 2. The van der Waals surface area contributed by atoms with Crippen LogP contribution in [-0.4, -0.2) is 6.04 Å². The molecule has 5 heteroatoms. The number of rotatable bonds is 5. The third-order valence-corrected chi connectivity index (χ3v) is 3.56. The number of hydrazine groups is 1. The number of hydrogen-bond donors (Lipinski definition) is 2. The molecule has 1 unspecified atom stereocenters. The van der Waals surface area contributed by atoms with Gasteiger partial charge in [-0.3, -0.25) is 11.3 Å². The van der Waals surface area contributed by atoms with Gasteiger partial charge < -0.3 is 0 Å². The van der Waals surface area contributed by atoms with Crippen LogP contribution in [0.5, 0.6) is 0 Å². The van der Waals surface area contributed by atoms with Crippen molar-refractivity contribution < 1.29 is 4.39 Å². The van der Waals surface area contributed by atoms with Gasteiger partial charge in [0.15, 0.2) is 0 Å². The number of nitrogens with one attached hydrogen (secondary N) is 1. The summed E-state index contributed by atoms with van der Waals surface area (Å²) in [5.74, 6) is 5.24. The van der Waals surface area contributed by atoms with E-state index >= 15 is 0 Å². The Hall–Kier alpha value is -1.13. The SMILES string of the molecule is NNC(Cc1cccc(Cl)c1)Cc1ccc(Cl)cc1F. The molecule has 0 aliphatic heterocycles. The summed E-state index contributed by atoms with van der Waals surface area (Å²) in [6, 6.07) is 12.1. The maximum Gasteiger partial charge on any atom is 0.127 e. The van der Waals surface area contributed by atoms with E-state index in [-0.39, 0.29) is 11.9 Å². The molecule has 0 aromatic heterocycles. The number of nitrogens with two attached hydrogens (primary N) is 1. The fourth-order valence-electron chi connectivity index (χ4n) is 2.09.